The highest BCUT2D eigenvalue weighted by molar-refractivity contribution is 5.82. The van der Waals surface area contributed by atoms with Crippen LogP contribution in [0.1, 0.15) is 18.9 Å². The van der Waals surface area contributed by atoms with Crippen LogP contribution in [-0.4, -0.2) is 12.6 Å². The van der Waals surface area contributed by atoms with Crippen LogP contribution in [-0.2, 0) is 16.0 Å². The number of carbonyl (C=O) groups excluding carboxylic acids is 1. The summed E-state index contributed by atoms with van der Waals surface area (Å²) in [5.74, 6) is 5.46. The van der Waals surface area contributed by atoms with E-state index < -0.39 is 0 Å². The van der Waals surface area contributed by atoms with E-state index in [4.69, 9.17) is 4.74 Å². The van der Waals surface area contributed by atoms with Crippen LogP contribution in [0.15, 0.2) is 42.5 Å². The van der Waals surface area contributed by atoms with Crippen LogP contribution >= 0.6 is 0 Å². The van der Waals surface area contributed by atoms with E-state index in [0.29, 0.717) is 6.61 Å². The summed E-state index contributed by atoms with van der Waals surface area (Å²) in [6.45, 7) is 2.17. The Kier molecular flexibility index (Phi) is 6.28. The van der Waals surface area contributed by atoms with Crippen LogP contribution in [0.25, 0.3) is 0 Å². The van der Waals surface area contributed by atoms with Gasteiger partial charge in [0, 0.05) is 12.5 Å². The molecule has 0 atom stereocenters. The van der Waals surface area contributed by atoms with Gasteiger partial charge in [-0.1, -0.05) is 42.2 Å². The molecule has 0 heterocycles. The zero-order valence-electron chi connectivity index (χ0n) is 9.98. The largest absolute Gasteiger partial charge is 0.463 e. The maximum atomic E-state index is 10.9. The molecule has 0 aromatic heterocycles. The average Bonchev–Trinajstić information content (AvgIpc) is 2.35. The first-order valence-corrected chi connectivity index (χ1v) is 5.68. The van der Waals surface area contributed by atoms with E-state index in [1.807, 2.05) is 18.2 Å². The van der Waals surface area contributed by atoms with Gasteiger partial charge in [0.25, 0.3) is 0 Å². The van der Waals surface area contributed by atoms with Gasteiger partial charge < -0.3 is 4.74 Å². The van der Waals surface area contributed by atoms with Crippen molar-refractivity contribution in [1.82, 2.24) is 0 Å². The first-order valence-electron chi connectivity index (χ1n) is 5.68. The summed E-state index contributed by atoms with van der Waals surface area (Å²) in [6, 6.07) is 10.2. The molecule has 0 N–H and O–H groups in total. The number of hydrogen-bond donors (Lipinski definition) is 0. The fourth-order valence-electron chi connectivity index (χ4n) is 1.28. The highest BCUT2D eigenvalue weighted by Gasteiger charge is 1.90. The Balaban J connectivity index is 2.25. The van der Waals surface area contributed by atoms with Gasteiger partial charge in [-0.3, -0.25) is 0 Å². The highest BCUT2D eigenvalue weighted by Crippen LogP contribution is 2.00. The van der Waals surface area contributed by atoms with Crippen LogP contribution in [0.2, 0.25) is 0 Å². The van der Waals surface area contributed by atoms with Gasteiger partial charge in [0.05, 0.1) is 6.61 Å². The topological polar surface area (TPSA) is 26.3 Å². The number of carbonyl (C=O) groups is 1. The van der Waals surface area contributed by atoms with Crippen molar-refractivity contribution in [2.75, 3.05) is 6.61 Å². The van der Waals surface area contributed by atoms with Crippen LogP contribution in [0.4, 0.5) is 0 Å². The van der Waals surface area contributed by atoms with Gasteiger partial charge in [-0.15, -0.1) is 0 Å². The van der Waals surface area contributed by atoms with Crippen molar-refractivity contribution in [1.29, 1.82) is 0 Å². The summed E-state index contributed by atoms with van der Waals surface area (Å²) < 4.78 is 4.72. The second-order valence-corrected chi connectivity index (χ2v) is 3.39. The maximum Gasteiger partial charge on any atom is 0.331 e. The number of hydrogen-bond acceptors (Lipinski definition) is 2. The van der Waals surface area contributed by atoms with Gasteiger partial charge in [-0.25, -0.2) is 4.79 Å². The first kappa shape index (κ1) is 13.1. The Hall–Kier alpha value is -2.01. The van der Waals surface area contributed by atoms with Gasteiger partial charge in [-0.05, 0) is 25.0 Å². The third-order valence-electron chi connectivity index (χ3n) is 2.07. The Bertz CT molecular complexity index is 421. The minimum atomic E-state index is -0.343. The Labute approximate surface area is 102 Å². The molecular weight excluding hydrogens is 212 g/mol. The Morgan fingerprint density at radius 2 is 2.12 bits per heavy atom. The molecule has 0 bridgehead atoms. The highest BCUT2D eigenvalue weighted by atomic mass is 16.5. The number of rotatable bonds is 4. The van der Waals surface area contributed by atoms with Gasteiger partial charge in [0.15, 0.2) is 0 Å². The lowest BCUT2D eigenvalue weighted by molar-refractivity contribution is -0.137. The Morgan fingerprint density at radius 1 is 1.35 bits per heavy atom. The lowest BCUT2D eigenvalue weighted by atomic mass is 10.1. The second-order valence-electron chi connectivity index (χ2n) is 3.39. The molecule has 17 heavy (non-hydrogen) atoms. The van der Waals surface area contributed by atoms with E-state index in [1.165, 1.54) is 17.7 Å². The Morgan fingerprint density at radius 3 is 2.82 bits per heavy atom. The molecule has 0 aliphatic carbocycles. The molecule has 0 spiro atoms. The van der Waals surface area contributed by atoms with E-state index in [0.717, 1.165) is 12.8 Å². The smallest absolute Gasteiger partial charge is 0.331 e. The molecule has 0 unspecified atom stereocenters. The lowest BCUT2D eigenvalue weighted by Crippen LogP contribution is -1.98. The van der Waals surface area contributed by atoms with Gasteiger partial charge >= 0.3 is 5.97 Å². The molecule has 0 aliphatic heterocycles. The van der Waals surface area contributed by atoms with Crippen molar-refractivity contribution in [3.63, 3.8) is 0 Å². The van der Waals surface area contributed by atoms with E-state index in [1.54, 1.807) is 6.92 Å². The van der Waals surface area contributed by atoms with Crippen molar-refractivity contribution in [2.45, 2.75) is 19.8 Å². The van der Waals surface area contributed by atoms with Crippen molar-refractivity contribution in [3.05, 3.63) is 48.0 Å². The maximum absolute atomic E-state index is 10.9. The summed E-state index contributed by atoms with van der Waals surface area (Å²) >= 11 is 0. The number of allylic oxidation sites excluding steroid dienone is 1. The predicted octanol–water partition coefficient (Wildman–Crippen LogP) is 2.74. The van der Waals surface area contributed by atoms with Gasteiger partial charge in [0.2, 0.25) is 0 Å². The summed E-state index contributed by atoms with van der Waals surface area (Å²) in [7, 11) is 0. The third kappa shape index (κ3) is 6.21. The molecule has 0 aliphatic rings. The number of esters is 1. The second kappa shape index (κ2) is 8.18. The van der Waals surface area contributed by atoms with Crippen LogP contribution in [0.5, 0.6) is 0 Å². The number of benzene rings is 1. The van der Waals surface area contributed by atoms with Crippen molar-refractivity contribution in [3.8, 4) is 11.8 Å². The molecule has 2 heteroatoms. The lowest BCUT2D eigenvalue weighted by Gasteiger charge is -1.94. The molecule has 0 saturated heterocycles. The monoisotopic (exact) mass is 228 g/mol. The molecular formula is C15H16O2. The van der Waals surface area contributed by atoms with Crippen molar-refractivity contribution >= 4 is 5.97 Å². The third-order valence-corrected chi connectivity index (χ3v) is 2.07. The SMILES string of the molecule is CCOC(=O)/C=C\C#CCCc1ccccc1. The summed E-state index contributed by atoms with van der Waals surface area (Å²) in [5, 5.41) is 0. The van der Waals surface area contributed by atoms with E-state index in [9.17, 15) is 4.79 Å². The van der Waals surface area contributed by atoms with Crippen molar-refractivity contribution < 1.29 is 9.53 Å². The summed E-state index contributed by atoms with van der Waals surface area (Å²) in [4.78, 5) is 10.9. The quantitative estimate of drug-likeness (QED) is 0.450. The number of aryl methyl sites for hydroxylation is 1. The molecule has 1 aromatic rings. The fraction of sp³-hybridized carbons (Fsp3) is 0.267. The first-order chi connectivity index (χ1) is 8.33. The normalized spacial score (nSPS) is 9.71. The molecule has 88 valence electrons. The molecule has 0 fully saturated rings. The molecule has 0 radical (unpaired) electrons. The predicted molar refractivity (Wildman–Crippen MR) is 68.3 cm³/mol. The summed E-state index contributed by atoms with van der Waals surface area (Å²) in [6.07, 6.45) is 4.60. The zero-order valence-corrected chi connectivity index (χ0v) is 9.98. The van der Waals surface area contributed by atoms with Gasteiger partial charge in [0.1, 0.15) is 0 Å². The minimum Gasteiger partial charge on any atom is -0.463 e. The molecule has 1 aromatic carbocycles. The van der Waals surface area contributed by atoms with Crippen LogP contribution < -0.4 is 0 Å². The standard InChI is InChI=1S/C15H16O2/c1-2-17-15(16)13-9-4-3-6-10-14-11-7-5-8-12-14/h5,7-9,11-13H,2,6,10H2,1H3/b13-9-. The van der Waals surface area contributed by atoms with Crippen LogP contribution in [0.3, 0.4) is 0 Å². The van der Waals surface area contributed by atoms with Crippen LogP contribution in [0, 0.1) is 11.8 Å². The van der Waals surface area contributed by atoms with Gasteiger partial charge in [-0.2, -0.15) is 0 Å². The van der Waals surface area contributed by atoms with Crippen molar-refractivity contribution in [2.24, 2.45) is 0 Å². The van der Waals surface area contributed by atoms with E-state index >= 15 is 0 Å². The zero-order chi connectivity index (χ0) is 12.3. The van der Waals surface area contributed by atoms with E-state index in [-0.39, 0.29) is 5.97 Å². The molecule has 1 rings (SSSR count). The summed E-state index contributed by atoms with van der Waals surface area (Å²) in [5.41, 5.74) is 1.27. The number of ether oxygens (including phenoxy) is 1. The fourth-order valence-corrected chi connectivity index (χ4v) is 1.28. The molecule has 2 nitrogen and oxygen atoms in total. The molecule has 0 saturated carbocycles. The minimum absolute atomic E-state index is 0.343. The average molecular weight is 228 g/mol. The van der Waals surface area contributed by atoms with E-state index in [2.05, 4.69) is 24.0 Å². The molecule has 0 amide bonds.